The van der Waals surface area contributed by atoms with Crippen LogP contribution in [-0.4, -0.2) is 39.4 Å². The number of hydrazone groups is 1. The van der Waals surface area contributed by atoms with Gasteiger partial charge in [0.15, 0.2) is 0 Å². The zero-order valence-corrected chi connectivity index (χ0v) is 17.4. The Hall–Kier alpha value is -3.07. The molecule has 0 bridgehead atoms. The zero-order valence-electron chi connectivity index (χ0n) is 16.6. The Labute approximate surface area is 170 Å². The number of hydrogen-bond acceptors (Lipinski definition) is 6. The molecule has 9 heteroatoms. The molecule has 0 atom stereocenters. The third kappa shape index (κ3) is 5.05. The van der Waals surface area contributed by atoms with Crippen LogP contribution in [0.2, 0.25) is 0 Å². The molecule has 0 fully saturated rings. The van der Waals surface area contributed by atoms with Gasteiger partial charge in [-0.2, -0.15) is 5.10 Å². The van der Waals surface area contributed by atoms with Crippen molar-refractivity contribution < 1.29 is 17.9 Å². The zero-order chi connectivity index (χ0) is 21.0. The normalized spacial score (nSPS) is 13.8. The van der Waals surface area contributed by atoms with E-state index in [0.29, 0.717) is 22.7 Å². The van der Waals surface area contributed by atoms with Crippen molar-refractivity contribution in [2.75, 3.05) is 34.5 Å². The van der Waals surface area contributed by atoms with E-state index in [1.54, 1.807) is 37.3 Å². The van der Waals surface area contributed by atoms with Gasteiger partial charge in [-0.05, 0) is 50.2 Å². The molecule has 0 aromatic heterocycles. The average molecular weight is 417 g/mol. The molecule has 0 unspecified atom stereocenters. The fourth-order valence-electron chi connectivity index (χ4n) is 2.84. The molecule has 1 aliphatic heterocycles. The Morgan fingerprint density at radius 2 is 1.93 bits per heavy atom. The van der Waals surface area contributed by atoms with Crippen LogP contribution in [0.5, 0.6) is 5.75 Å². The number of nitrogens with zero attached hydrogens (tertiary/aromatic N) is 2. The van der Waals surface area contributed by atoms with Crippen molar-refractivity contribution in [2.24, 2.45) is 5.10 Å². The summed E-state index contributed by atoms with van der Waals surface area (Å²) in [6.45, 7) is 4.38. The van der Waals surface area contributed by atoms with Crippen molar-refractivity contribution in [3.05, 3.63) is 48.0 Å². The maximum Gasteiger partial charge on any atom is 0.255 e. The summed E-state index contributed by atoms with van der Waals surface area (Å²) in [6.07, 6.45) is 0.939. The van der Waals surface area contributed by atoms with Crippen LogP contribution in [0.3, 0.4) is 0 Å². The summed E-state index contributed by atoms with van der Waals surface area (Å²) in [5.74, 6) is -0.00789. The number of nitrogens with one attached hydrogen (secondary N) is 2. The van der Waals surface area contributed by atoms with Gasteiger partial charge in [0, 0.05) is 36.0 Å². The molecule has 3 rings (SSSR count). The molecule has 0 radical (unpaired) electrons. The number of carbonyl (C=O) groups excluding carboxylic acids is 1. The minimum absolute atomic E-state index is 0.0487. The number of methoxy groups -OCH3 is 1. The third-order valence-corrected chi connectivity index (χ3v) is 5.80. The first-order chi connectivity index (χ1) is 13.8. The summed E-state index contributed by atoms with van der Waals surface area (Å²) >= 11 is 0. The van der Waals surface area contributed by atoms with E-state index in [1.807, 2.05) is 24.1 Å². The minimum atomic E-state index is -3.43. The number of sulfonamides is 1. The molecule has 1 heterocycles. The molecule has 1 amide bonds. The number of benzene rings is 2. The number of ether oxygens (including phenoxy) is 1. The summed E-state index contributed by atoms with van der Waals surface area (Å²) in [5.41, 5.74) is 3.34. The largest absolute Gasteiger partial charge is 0.494 e. The average Bonchev–Trinajstić information content (AvgIpc) is 3.15. The number of hydrogen-bond donors (Lipinski definition) is 2. The van der Waals surface area contributed by atoms with E-state index in [9.17, 15) is 13.2 Å². The van der Waals surface area contributed by atoms with Crippen molar-refractivity contribution in [1.82, 2.24) is 0 Å². The van der Waals surface area contributed by atoms with Gasteiger partial charge in [-0.1, -0.05) is 0 Å². The smallest absolute Gasteiger partial charge is 0.255 e. The maximum absolute atomic E-state index is 12.6. The molecule has 1 aliphatic rings. The summed E-state index contributed by atoms with van der Waals surface area (Å²) in [4.78, 5) is 12.6. The van der Waals surface area contributed by atoms with Crippen molar-refractivity contribution in [1.29, 1.82) is 0 Å². The Balaban J connectivity index is 1.71. The Kier molecular flexibility index (Phi) is 6.07. The van der Waals surface area contributed by atoms with Crippen molar-refractivity contribution in [3.63, 3.8) is 0 Å². The predicted molar refractivity (Wildman–Crippen MR) is 116 cm³/mol. The number of rotatable bonds is 7. The minimum Gasteiger partial charge on any atom is -0.494 e. The molecule has 0 saturated carbocycles. The van der Waals surface area contributed by atoms with Crippen LogP contribution in [0, 0.1) is 0 Å². The first kappa shape index (κ1) is 20.7. The molecule has 29 heavy (non-hydrogen) atoms. The summed E-state index contributed by atoms with van der Waals surface area (Å²) in [7, 11) is -1.99. The first-order valence-corrected chi connectivity index (χ1v) is 10.9. The standard InChI is InChI=1S/C20H24N4O4S/c1-4-29(26,27)23-18-10-7-16(13-19(18)28-3)21-20(25)15-5-8-17(9-6-15)24-12-11-14(2)22-24/h5-10,13,23H,4,11-12H2,1-3H3,(H,21,25). The van der Waals surface area contributed by atoms with Crippen LogP contribution in [0.15, 0.2) is 47.6 Å². The highest BCUT2D eigenvalue weighted by Crippen LogP contribution is 2.29. The van der Waals surface area contributed by atoms with Gasteiger partial charge in [0.2, 0.25) is 10.0 Å². The van der Waals surface area contributed by atoms with Gasteiger partial charge in [-0.3, -0.25) is 14.5 Å². The predicted octanol–water partition coefficient (Wildman–Crippen LogP) is 3.30. The van der Waals surface area contributed by atoms with Crippen LogP contribution in [-0.2, 0) is 10.0 Å². The molecule has 2 N–H and O–H groups in total. The fraction of sp³-hybridized carbons (Fsp3) is 0.300. The van der Waals surface area contributed by atoms with E-state index < -0.39 is 10.0 Å². The molecule has 8 nitrogen and oxygen atoms in total. The van der Waals surface area contributed by atoms with E-state index in [2.05, 4.69) is 15.1 Å². The van der Waals surface area contributed by atoms with Crippen LogP contribution >= 0.6 is 0 Å². The highest BCUT2D eigenvalue weighted by atomic mass is 32.2. The van der Waals surface area contributed by atoms with E-state index >= 15 is 0 Å². The SMILES string of the molecule is CCS(=O)(=O)Nc1ccc(NC(=O)c2ccc(N3CCC(C)=N3)cc2)cc1OC. The summed E-state index contributed by atoms with van der Waals surface area (Å²) < 4.78 is 31.3. The molecule has 2 aromatic carbocycles. The van der Waals surface area contributed by atoms with Gasteiger partial charge in [-0.25, -0.2) is 8.42 Å². The molecule has 0 spiro atoms. The van der Waals surface area contributed by atoms with Gasteiger partial charge in [0.1, 0.15) is 5.75 Å². The van der Waals surface area contributed by atoms with E-state index in [1.165, 1.54) is 7.11 Å². The highest BCUT2D eigenvalue weighted by molar-refractivity contribution is 7.92. The molecular formula is C20H24N4O4S. The van der Waals surface area contributed by atoms with Crippen LogP contribution in [0.4, 0.5) is 17.1 Å². The summed E-state index contributed by atoms with van der Waals surface area (Å²) in [5, 5.41) is 9.16. The van der Waals surface area contributed by atoms with E-state index in [0.717, 1.165) is 24.4 Å². The number of anilines is 3. The Bertz CT molecular complexity index is 1030. The second kappa shape index (κ2) is 8.52. The lowest BCUT2D eigenvalue weighted by molar-refractivity contribution is 0.102. The monoisotopic (exact) mass is 416 g/mol. The number of carbonyl (C=O) groups is 1. The lowest BCUT2D eigenvalue weighted by Crippen LogP contribution is -2.16. The molecule has 0 saturated heterocycles. The summed E-state index contributed by atoms with van der Waals surface area (Å²) in [6, 6.07) is 12.0. The Morgan fingerprint density at radius 3 is 2.52 bits per heavy atom. The quantitative estimate of drug-likeness (QED) is 0.721. The van der Waals surface area contributed by atoms with Gasteiger partial charge < -0.3 is 10.1 Å². The second-order valence-corrected chi connectivity index (χ2v) is 8.64. The van der Waals surface area contributed by atoms with Crippen LogP contribution < -0.4 is 19.8 Å². The van der Waals surface area contributed by atoms with Crippen LogP contribution in [0.1, 0.15) is 30.6 Å². The van der Waals surface area contributed by atoms with Gasteiger partial charge in [0.05, 0.1) is 24.2 Å². The fourth-order valence-corrected chi connectivity index (χ4v) is 3.49. The van der Waals surface area contributed by atoms with E-state index in [-0.39, 0.29) is 11.7 Å². The van der Waals surface area contributed by atoms with Gasteiger partial charge >= 0.3 is 0 Å². The highest BCUT2D eigenvalue weighted by Gasteiger charge is 2.15. The van der Waals surface area contributed by atoms with Crippen LogP contribution in [0.25, 0.3) is 0 Å². The van der Waals surface area contributed by atoms with E-state index in [4.69, 9.17) is 4.74 Å². The first-order valence-electron chi connectivity index (χ1n) is 9.23. The topological polar surface area (TPSA) is 100 Å². The van der Waals surface area contributed by atoms with Gasteiger partial charge in [-0.15, -0.1) is 0 Å². The molecule has 0 aliphatic carbocycles. The van der Waals surface area contributed by atoms with Crippen molar-refractivity contribution in [2.45, 2.75) is 20.3 Å². The van der Waals surface area contributed by atoms with Gasteiger partial charge in [0.25, 0.3) is 5.91 Å². The molecule has 2 aromatic rings. The molecular weight excluding hydrogens is 392 g/mol. The lowest BCUT2D eigenvalue weighted by atomic mass is 10.1. The Morgan fingerprint density at radius 1 is 1.21 bits per heavy atom. The van der Waals surface area contributed by atoms with Crippen molar-refractivity contribution >= 4 is 38.7 Å². The molecule has 154 valence electrons. The van der Waals surface area contributed by atoms with Crippen molar-refractivity contribution in [3.8, 4) is 5.75 Å². The lowest BCUT2D eigenvalue weighted by Gasteiger charge is -2.15. The number of amides is 1. The maximum atomic E-state index is 12.6. The second-order valence-electron chi connectivity index (χ2n) is 6.63. The third-order valence-electron chi connectivity index (χ3n) is 4.51.